The number of alkyl halides is 6. The molecule has 0 N–H and O–H groups in total. The quantitative estimate of drug-likeness (QED) is 0.272. The first-order chi connectivity index (χ1) is 11.0. The second kappa shape index (κ2) is 9.03. The van der Waals surface area contributed by atoms with Gasteiger partial charge in [0.1, 0.15) is 0 Å². The highest BCUT2D eigenvalue weighted by atomic mass is 79.9. The van der Waals surface area contributed by atoms with E-state index < -0.39 is 38.6 Å². The average molecular weight is 790 g/mol. The van der Waals surface area contributed by atoms with Gasteiger partial charge in [0.2, 0.25) is 19.7 Å². The molecule has 0 spiro atoms. The molecule has 0 aliphatic carbocycles. The van der Waals surface area contributed by atoms with Crippen LogP contribution in [0.25, 0.3) is 0 Å². The van der Waals surface area contributed by atoms with Crippen molar-refractivity contribution in [2.45, 2.75) is 20.9 Å². The zero-order chi connectivity index (χ0) is 20.5. The third kappa shape index (κ3) is 4.66. The van der Waals surface area contributed by atoms with E-state index in [4.69, 9.17) is 0 Å². The summed E-state index contributed by atoms with van der Waals surface area (Å²) in [5.41, 5.74) is 0. The van der Waals surface area contributed by atoms with E-state index in [0.29, 0.717) is 0 Å². The molecule has 0 atom stereocenters. The van der Waals surface area contributed by atoms with Crippen molar-refractivity contribution in [2.75, 3.05) is 13.2 Å². The Morgan fingerprint density at radius 1 is 0.720 bits per heavy atom. The summed E-state index contributed by atoms with van der Waals surface area (Å²) in [5.74, 6) is -2.64. The maximum atomic E-state index is 12.8. The molecule has 8 nitrogen and oxygen atoms in total. The Labute approximate surface area is 195 Å². The SMILES string of the molecule is CCOC(=O)C(Br)(Br)S(=O)(=O)C(Br)(Br)S(=O)(=O)C(Br)(Br)C(=O)OCC. The second-order valence-electron chi connectivity index (χ2n) is 3.94. The van der Waals surface area contributed by atoms with E-state index in [1.165, 1.54) is 13.8 Å². The molecule has 0 radical (unpaired) electrons. The molecule has 0 aliphatic rings. The van der Waals surface area contributed by atoms with Crippen LogP contribution < -0.4 is 0 Å². The van der Waals surface area contributed by atoms with Crippen molar-refractivity contribution in [3.05, 3.63) is 0 Å². The Bertz CT molecular complexity index is 680. The molecule has 0 saturated carbocycles. The fourth-order valence-electron chi connectivity index (χ4n) is 1.09. The number of sulfone groups is 2. The maximum Gasteiger partial charge on any atom is 0.349 e. The molecule has 0 heterocycles. The summed E-state index contributed by atoms with van der Waals surface area (Å²) in [6.45, 7) is 2.52. The highest BCUT2D eigenvalue weighted by Gasteiger charge is 2.69. The third-order valence-corrected chi connectivity index (χ3v) is 18.1. The van der Waals surface area contributed by atoms with E-state index in [1.54, 1.807) is 0 Å². The summed E-state index contributed by atoms with van der Waals surface area (Å²) in [6, 6.07) is 0. The number of carbonyl (C=O) groups excluding carboxylic acids is 2. The van der Waals surface area contributed by atoms with Gasteiger partial charge in [-0.3, -0.25) is 0 Å². The van der Waals surface area contributed by atoms with Gasteiger partial charge in [0, 0.05) is 0 Å². The van der Waals surface area contributed by atoms with Crippen molar-refractivity contribution in [3.63, 3.8) is 0 Å². The van der Waals surface area contributed by atoms with Crippen LogP contribution in [0.2, 0.25) is 0 Å². The van der Waals surface area contributed by atoms with Crippen LogP contribution in [0.3, 0.4) is 0 Å². The minimum atomic E-state index is -5.01. The molecule has 0 unspecified atom stereocenters. The summed E-state index contributed by atoms with van der Waals surface area (Å²) in [5, 5.41) is 0. The first-order valence-corrected chi connectivity index (χ1v) is 13.6. The first-order valence-electron chi connectivity index (χ1n) is 5.93. The van der Waals surface area contributed by atoms with Crippen LogP contribution in [-0.2, 0) is 38.7 Å². The predicted molar refractivity (Wildman–Crippen MR) is 113 cm³/mol. The number of carbonyl (C=O) groups is 2. The highest BCUT2D eigenvalue weighted by Crippen LogP contribution is 2.55. The van der Waals surface area contributed by atoms with Gasteiger partial charge < -0.3 is 9.47 Å². The molecular weight excluding hydrogens is 780 g/mol. The summed E-state index contributed by atoms with van der Waals surface area (Å²) >= 11 is 15.5. The zero-order valence-corrected chi connectivity index (χ0v) is 23.4. The van der Waals surface area contributed by atoms with Crippen LogP contribution >= 0.6 is 95.6 Å². The minimum absolute atomic E-state index is 0.165. The van der Waals surface area contributed by atoms with E-state index in [0.717, 1.165) is 0 Å². The average Bonchev–Trinajstić information content (AvgIpc) is 2.46. The first kappa shape index (κ1) is 26.7. The lowest BCUT2D eigenvalue weighted by Gasteiger charge is -2.31. The molecule has 148 valence electrons. The largest absolute Gasteiger partial charge is 0.464 e. The molecule has 16 heteroatoms. The van der Waals surface area contributed by atoms with Gasteiger partial charge in [-0.1, -0.05) is 0 Å². The number of esters is 2. The van der Waals surface area contributed by atoms with Crippen molar-refractivity contribution in [3.8, 4) is 0 Å². The van der Waals surface area contributed by atoms with Crippen molar-refractivity contribution in [2.24, 2.45) is 0 Å². The van der Waals surface area contributed by atoms with E-state index in [-0.39, 0.29) is 13.2 Å². The van der Waals surface area contributed by atoms with Crippen LogP contribution in [-0.4, -0.2) is 49.0 Å². The Balaban J connectivity index is 6.38. The minimum Gasteiger partial charge on any atom is -0.464 e. The lowest BCUT2D eigenvalue weighted by atomic mass is 10.7. The van der Waals surface area contributed by atoms with Gasteiger partial charge in [-0.15, -0.1) is 0 Å². The second-order valence-corrected chi connectivity index (χ2v) is 23.2. The predicted octanol–water partition coefficient (Wildman–Crippen LogP) is 3.23. The molecule has 0 aliphatic heterocycles. The maximum absolute atomic E-state index is 12.8. The van der Waals surface area contributed by atoms with E-state index in [1.807, 2.05) is 0 Å². The lowest BCUT2D eigenvalue weighted by Crippen LogP contribution is -2.53. The highest BCUT2D eigenvalue weighted by molar-refractivity contribution is 9.34. The molecule has 0 aromatic heterocycles. The fourth-order valence-corrected chi connectivity index (χ4v) is 16.9. The number of hydrogen-bond acceptors (Lipinski definition) is 8. The lowest BCUT2D eigenvalue weighted by molar-refractivity contribution is -0.142. The summed E-state index contributed by atoms with van der Waals surface area (Å²) in [6.07, 6.45) is 0. The Hall–Kier alpha value is 1.72. The van der Waals surface area contributed by atoms with Gasteiger partial charge >= 0.3 is 11.9 Å². The van der Waals surface area contributed by atoms with Gasteiger partial charge in [-0.25, -0.2) is 26.4 Å². The Morgan fingerprint density at radius 3 is 1.16 bits per heavy atom. The van der Waals surface area contributed by atoms with Gasteiger partial charge in [-0.2, -0.15) is 0 Å². The van der Waals surface area contributed by atoms with Crippen LogP contribution in [0.4, 0.5) is 0 Å². The summed E-state index contributed by atoms with van der Waals surface area (Å²) < 4.78 is 52.2. The van der Waals surface area contributed by atoms with Gasteiger partial charge in [0.15, 0.2) is 0 Å². The number of halogens is 6. The van der Waals surface area contributed by atoms with E-state index in [2.05, 4.69) is 105 Å². The fraction of sp³-hybridized carbons (Fsp3) is 0.778. The van der Waals surface area contributed by atoms with Gasteiger partial charge in [-0.05, 0) is 109 Å². The van der Waals surface area contributed by atoms with Gasteiger partial charge in [0.25, 0.3) is 7.03 Å². The van der Waals surface area contributed by atoms with E-state index in [9.17, 15) is 26.4 Å². The Kier molecular flexibility index (Phi) is 9.65. The smallest absolute Gasteiger partial charge is 0.349 e. The summed E-state index contributed by atoms with van der Waals surface area (Å²) in [4.78, 5) is 23.8. The molecule has 0 saturated heterocycles. The van der Waals surface area contributed by atoms with Crippen molar-refractivity contribution in [1.82, 2.24) is 0 Å². The molecule has 0 fully saturated rings. The third-order valence-electron chi connectivity index (χ3n) is 2.33. The van der Waals surface area contributed by atoms with Crippen LogP contribution in [0, 0.1) is 0 Å². The molecule has 25 heavy (non-hydrogen) atoms. The number of ether oxygens (including phenoxy) is 2. The monoisotopic (exact) mass is 783 g/mol. The number of rotatable bonds is 8. The molecule has 0 aromatic carbocycles. The van der Waals surface area contributed by atoms with Gasteiger partial charge in [0.05, 0.1) is 13.2 Å². The standard InChI is InChI=1S/C9H10Br6O8S2/c1-3-22-5(16)7(10,11)24(18,19)9(14,15)25(20,21)8(12,13)6(17)23-4-2/h3-4H2,1-2H3. The number of hydrogen-bond donors (Lipinski definition) is 0. The van der Waals surface area contributed by atoms with Crippen molar-refractivity contribution < 1.29 is 35.9 Å². The summed E-state index contributed by atoms with van der Waals surface area (Å²) in [7, 11) is -10.0. The van der Waals surface area contributed by atoms with Crippen LogP contribution in [0.15, 0.2) is 0 Å². The Morgan fingerprint density at radius 2 is 0.960 bits per heavy atom. The van der Waals surface area contributed by atoms with Crippen molar-refractivity contribution >= 4 is 127 Å². The van der Waals surface area contributed by atoms with Crippen LogP contribution in [0.1, 0.15) is 13.8 Å². The zero-order valence-electron chi connectivity index (χ0n) is 12.3. The van der Waals surface area contributed by atoms with Crippen LogP contribution in [0.5, 0.6) is 0 Å². The molecular formula is C9H10Br6O8S2. The molecule has 0 bridgehead atoms. The molecule has 0 amide bonds. The molecule has 0 aromatic rings. The van der Waals surface area contributed by atoms with E-state index >= 15 is 0 Å². The molecule has 0 rings (SSSR count). The topological polar surface area (TPSA) is 121 Å². The van der Waals surface area contributed by atoms with Crippen molar-refractivity contribution in [1.29, 1.82) is 0 Å². The normalized spacial score (nSPS) is 14.1.